The third-order valence-electron chi connectivity index (χ3n) is 4.49. The molecule has 2 bridgehead atoms. The molecule has 0 spiro atoms. The van der Waals surface area contributed by atoms with Crippen LogP contribution in [-0.2, 0) is 0 Å². The average molecular weight is 284 g/mol. The van der Waals surface area contributed by atoms with Crippen LogP contribution in [-0.4, -0.2) is 30.1 Å². The van der Waals surface area contributed by atoms with E-state index in [0.717, 1.165) is 12.8 Å². The zero-order chi connectivity index (χ0) is 13.4. The molecule has 2 nitrogen and oxygen atoms in total. The number of ether oxygens (including phenoxy) is 1. The molecule has 0 aromatic heterocycles. The molecular weight excluding hydrogens is 265 g/mol. The maximum atomic E-state index is 13.4. The molecule has 19 heavy (non-hydrogen) atoms. The number of nitrogens with zero attached hydrogens (tertiary/aromatic N) is 1. The Balaban J connectivity index is 1.69. The molecule has 0 N–H and O–H groups in total. The van der Waals surface area contributed by atoms with Gasteiger partial charge in [0.05, 0.1) is 5.02 Å². The van der Waals surface area contributed by atoms with Gasteiger partial charge in [0.1, 0.15) is 17.7 Å². The standard InChI is InChI=1S/C15H19ClFNO/c1-18-10-3-2-4-11(18)8-13(7-10)19-12-5-6-14(16)15(17)9-12/h5-6,9-11,13H,2-4,7-8H2,1H3/t10-,11+,13?. The highest BCUT2D eigenvalue weighted by molar-refractivity contribution is 6.30. The molecule has 2 aliphatic heterocycles. The quantitative estimate of drug-likeness (QED) is 0.817. The predicted octanol–water partition coefficient (Wildman–Crippen LogP) is 3.87. The number of halogens is 2. The van der Waals surface area contributed by atoms with Crippen LogP contribution in [0.1, 0.15) is 32.1 Å². The van der Waals surface area contributed by atoms with Crippen LogP contribution < -0.4 is 4.74 Å². The molecule has 1 unspecified atom stereocenters. The van der Waals surface area contributed by atoms with E-state index < -0.39 is 5.82 Å². The van der Waals surface area contributed by atoms with Crippen LogP contribution in [0.5, 0.6) is 5.75 Å². The van der Waals surface area contributed by atoms with Gasteiger partial charge in [-0.2, -0.15) is 0 Å². The molecule has 104 valence electrons. The van der Waals surface area contributed by atoms with Crippen molar-refractivity contribution in [2.24, 2.45) is 0 Å². The number of rotatable bonds is 2. The topological polar surface area (TPSA) is 12.5 Å². The first-order chi connectivity index (χ1) is 9.13. The van der Waals surface area contributed by atoms with Gasteiger partial charge in [0.2, 0.25) is 0 Å². The second-order valence-electron chi connectivity index (χ2n) is 5.69. The molecule has 3 rings (SSSR count). The number of hydrogen-bond donors (Lipinski definition) is 0. The molecule has 1 aromatic carbocycles. The Kier molecular flexibility index (Phi) is 3.68. The minimum absolute atomic E-state index is 0.146. The van der Waals surface area contributed by atoms with Crippen molar-refractivity contribution < 1.29 is 9.13 Å². The van der Waals surface area contributed by atoms with Crippen LogP contribution in [0.3, 0.4) is 0 Å². The Morgan fingerprint density at radius 2 is 1.95 bits per heavy atom. The van der Waals surface area contributed by atoms with Crippen LogP contribution in [0.25, 0.3) is 0 Å². The molecule has 2 fully saturated rings. The van der Waals surface area contributed by atoms with Crippen LogP contribution in [0.15, 0.2) is 18.2 Å². The highest BCUT2D eigenvalue weighted by atomic mass is 35.5. The minimum Gasteiger partial charge on any atom is -0.490 e. The first-order valence-corrected chi connectivity index (χ1v) is 7.35. The molecule has 0 saturated carbocycles. The highest BCUT2D eigenvalue weighted by Crippen LogP contribution is 2.34. The zero-order valence-electron chi connectivity index (χ0n) is 11.1. The maximum absolute atomic E-state index is 13.4. The molecule has 0 amide bonds. The second kappa shape index (κ2) is 5.29. The van der Waals surface area contributed by atoms with Crippen molar-refractivity contribution in [3.05, 3.63) is 29.0 Å². The molecule has 0 aliphatic carbocycles. The Bertz CT molecular complexity index is 453. The molecule has 4 heteroatoms. The monoisotopic (exact) mass is 283 g/mol. The number of fused-ring (bicyclic) bond motifs is 2. The molecule has 1 aromatic rings. The Morgan fingerprint density at radius 1 is 1.26 bits per heavy atom. The van der Waals surface area contributed by atoms with E-state index in [0.29, 0.717) is 17.8 Å². The second-order valence-corrected chi connectivity index (χ2v) is 6.10. The van der Waals surface area contributed by atoms with Gasteiger partial charge in [0, 0.05) is 18.2 Å². The zero-order valence-corrected chi connectivity index (χ0v) is 11.9. The molecular formula is C15H19ClFNO. The van der Waals surface area contributed by atoms with Crippen molar-refractivity contribution in [1.82, 2.24) is 4.90 Å². The van der Waals surface area contributed by atoms with Crippen molar-refractivity contribution in [1.29, 1.82) is 0 Å². The summed E-state index contributed by atoms with van der Waals surface area (Å²) in [7, 11) is 2.21. The summed E-state index contributed by atoms with van der Waals surface area (Å²) in [5.41, 5.74) is 0. The van der Waals surface area contributed by atoms with E-state index in [-0.39, 0.29) is 11.1 Å². The minimum atomic E-state index is -0.410. The first kappa shape index (κ1) is 13.2. The van der Waals surface area contributed by atoms with Crippen molar-refractivity contribution in [3.8, 4) is 5.75 Å². The van der Waals surface area contributed by atoms with E-state index in [1.807, 2.05) is 0 Å². The van der Waals surface area contributed by atoms with Crippen LogP contribution in [0.2, 0.25) is 5.02 Å². The molecule has 2 saturated heterocycles. The molecule has 3 atom stereocenters. The fourth-order valence-electron chi connectivity index (χ4n) is 3.40. The molecule has 2 aliphatic rings. The summed E-state index contributed by atoms with van der Waals surface area (Å²) >= 11 is 5.68. The average Bonchev–Trinajstić information content (AvgIpc) is 2.35. The number of piperidine rings is 2. The maximum Gasteiger partial charge on any atom is 0.145 e. The fourth-order valence-corrected chi connectivity index (χ4v) is 3.52. The molecule has 0 radical (unpaired) electrons. The van der Waals surface area contributed by atoms with E-state index in [2.05, 4.69) is 11.9 Å². The van der Waals surface area contributed by atoms with Gasteiger partial charge in [0.15, 0.2) is 0 Å². The number of hydrogen-bond acceptors (Lipinski definition) is 2. The first-order valence-electron chi connectivity index (χ1n) is 6.97. The summed E-state index contributed by atoms with van der Waals surface area (Å²) in [6.07, 6.45) is 6.10. The van der Waals surface area contributed by atoms with E-state index in [1.54, 1.807) is 12.1 Å². The lowest BCUT2D eigenvalue weighted by atomic mass is 9.83. The Labute approximate surface area is 118 Å². The van der Waals surface area contributed by atoms with Crippen LogP contribution >= 0.6 is 11.6 Å². The van der Waals surface area contributed by atoms with Gasteiger partial charge in [-0.1, -0.05) is 18.0 Å². The summed E-state index contributed by atoms with van der Waals surface area (Å²) in [4.78, 5) is 2.49. The normalized spacial score (nSPS) is 31.2. The van der Waals surface area contributed by atoms with Gasteiger partial charge >= 0.3 is 0 Å². The van der Waals surface area contributed by atoms with E-state index in [1.165, 1.54) is 25.3 Å². The SMILES string of the molecule is CN1[C@@H]2CCC[C@H]1CC(Oc1ccc(Cl)c(F)c1)C2. The van der Waals surface area contributed by atoms with Gasteiger partial charge in [-0.25, -0.2) is 4.39 Å². The summed E-state index contributed by atoms with van der Waals surface area (Å²) in [6.45, 7) is 0. The highest BCUT2D eigenvalue weighted by Gasteiger charge is 2.36. The van der Waals surface area contributed by atoms with Crippen LogP contribution in [0.4, 0.5) is 4.39 Å². The van der Waals surface area contributed by atoms with Crippen molar-refractivity contribution in [2.45, 2.75) is 50.3 Å². The Morgan fingerprint density at radius 3 is 2.58 bits per heavy atom. The predicted molar refractivity (Wildman–Crippen MR) is 74.3 cm³/mol. The van der Waals surface area contributed by atoms with Crippen molar-refractivity contribution in [2.75, 3.05) is 7.05 Å². The largest absolute Gasteiger partial charge is 0.490 e. The fraction of sp³-hybridized carbons (Fsp3) is 0.600. The van der Waals surface area contributed by atoms with Crippen molar-refractivity contribution in [3.63, 3.8) is 0 Å². The lowest BCUT2D eigenvalue weighted by Gasteiger charge is -2.46. The smallest absolute Gasteiger partial charge is 0.145 e. The van der Waals surface area contributed by atoms with Gasteiger partial charge < -0.3 is 9.64 Å². The Hall–Kier alpha value is -0.800. The van der Waals surface area contributed by atoms with Gasteiger partial charge in [-0.05, 0) is 44.9 Å². The van der Waals surface area contributed by atoms with E-state index >= 15 is 0 Å². The third kappa shape index (κ3) is 2.72. The van der Waals surface area contributed by atoms with Gasteiger partial charge in [-0.15, -0.1) is 0 Å². The molecule has 2 heterocycles. The van der Waals surface area contributed by atoms with Crippen molar-refractivity contribution >= 4 is 11.6 Å². The summed E-state index contributed by atoms with van der Waals surface area (Å²) in [5, 5.41) is 0.146. The van der Waals surface area contributed by atoms with E-state index in [4.69, 9.17) is 16.3 Å². The lowest BCUT2D eigenvalue weighted by molar-refractivity contribution is 0.0000537. The van der Waals surface area contributed by atoms with Gasteiger partial charge in [0.25, 0.3) is 0 Å². The van der Waals surface area contributed by atoms with E-state index in [9.17, 15) is 4.39 Å². The summed E-state index contributed by atoms with van der Waals surface area (Å²) in [6, 6.07) is 5.93. The lowest BCUT2D eigenvalue weighted by Crippen LogP contribution is -2.52. The summed E-state index contributed by atoms with van der Waals surface area (Å²) in [5.74, 6) is 0.182. The summed E-state index contributed by atoms with van der Waals surface area (Å²) < 4.78 is 19.4. The number of benzene rings is 1. The third-order valence-corrected chi connectivity index (χ3v) is 4.80. The van der Waals surface area contributed by atoms with Gasteiger partial charge in [-0.3, -0.25) is 0 Å². The van der Waals surface area contributed by atoms with Crippen LogP contribution in [0, 0.1) is 5.82 Å².